The second-order valence-corrected chi connectivity index (χ2v) is 5.95. The van der Waals surface area contributed by atoms with Crippen LogP contribution in [0.1, 0.15) is 61.1 Å². The predicted octanol–water partition coefficient (Wildman–Crippen LogP) is 4.97. The first-order valence-corrected chi connectivity index (χ1v) is 7.34. The normalized spacial score (nSPS) is 20.0. The van der Waals surface area contributed by atoms with Crippen LogP contribution in [0.3, 0.4) is 0 Å². The first-order chi connectivity index (χ1) is 7.45. The number of hydrogen-bond acceptors (Lipinski definition) is 1. The van der Waals surface area contributed by atoms with Crippen LogP contribution in [-0.2, 0) is 12.8 Å². The molecule has 0 saturated heterocycles. The van der Waals surface area contributed by atoms with Crippen LogP contribution in [0.5, 0.6) is 0 Å². The smallest absolute Gasteiger partial charge is 0.00481 e. The summed E-state index contributed by atoms with van der Waals surface area (Å²) in [6.07, 6.45) is 14.2. The Bertz CT molecular complexity index is 248. The van der Waals surface area contributed by atoms with Crippen molar-refractivity contribution in [2.75, 3.05) is 0 Å². The van der Waals surface area contributed by atoms with Gasteiger partial charge in [0.25, 0.3) is 0 Å². The lowest BCUT2D eigenvalue weighted by molar-refractivity contribution is 0.569. The van der Waals surface area contributed by atoms with Crippen LogP contribution in [0.25, 0.3) is 0 Å². The van der Waals surface area contributed by atoms with Crippen LogP contribution in [0.2, 0.25) is 0 Å². The largest absolute Gasteiger partial charge is 0.145 e. The molecule has 2 rings (SSSR count). The Labute approximate surface area is 97.7 Å². The van der Waals surface area contributed by atoms with E-state index < -0.39 is 0 Å². The lowest BCUT2D eigenvalue weighted by Gasteiger charge is -2.01. The van der Waals surface area contributed by atoms with Crippen molar-refractivity contribution in [2.45, 2.75) is 64.2 Å². The van der Waals surface area contributed by atoms with Gasteiger partial charge in [0.1, 0.15) is 0 Å². The van der Waals surface area contributed by atoms with Crippen molar-refractivity contribution in [1.82, 2.24) is 0 Å². The number of rotatable bonds is 0. The van der Waals surface area contributed by atoms with Crippen molar-refractivity contribution in [1.29, 1.82) is 0 Å². The first-order valence-electron chi connectivity index (χ1n) is 6.53. The molecule has 1 aliphatic heterocycles. The summed E-state index contributed by atoms with van der Waals surface area (Å²) in [6, 6.07) is 4.71. The zero-order valence-electron chi connectivity index (χ0n) is 9.63. The van der Waals surface area contributed by atoms with Crippen LogP contribution in [0.15, 0.2) is 12.1 Å². The number of fused-ring (bicyclic) bond motifs is 2. The summed E-state index contributed by atoms with van der Waals surface area (Å²) < 4.78 is 0. The van der Waals surface area contributed by atoms with Gasteiger partial charge in [-0.3, -0.25) is 0 Å². The van der Waals surface area contributed by atoms with Gasteiger partial charge in [-0.1, -0.05) is 38.5 Å². The van der Waals surface area contributed by atoms with Crippen LogP contribution < -0.4 is 0 Å². The van der Waals surface area contributed by atoms with E-state index in [4.69, 9.17) is 0 Å². The molecule has 0 nitrogen and oxygen atoms in total. The van der Waals surface area contributed by atoms with Crippen molar-refractivity contribution >= 4 is 11.3 Å². The molecule has 15 heavy (non-hydrogen) atoms. The van der Waals surface area contributed by atoms with E-state index >= 15 is 0 Å². The standard InChI is InChI=1S/C14H22S/c1-2-4-6-8-10-14-12-11-13(15-14)9-7-5-3-1/h11-12H,1-10H2. The summed E-state index contributed by atoms with van der Waals surface area (Å²) in [5.41, 5.74) is 0. The van der Waals surface area contributed by atoms with Crippen LogP contribution in [-0.4, -0.2) is 0 Å². The molecule has 0 atom stereocenters. The molecule has 1 aromatic heterocycles. The van der Waals surface area contributed by atoms with E-state index in [0.717, 1.165) is 0 Å². The minimum Gasteiger partial charge on any atom is -0.145 e. The highest BCUT2D eigenvalue weighted by Gasteiger charge is 2.02. The van der Waals surface area contributed by atoms with E-state index in [1.165, 1.54) is 64.2 Å². The molecule has 0 saturated carbocycles. The van der Waals surface area contributed by atoms with Gasteiger partial charge in [0.2, 0.25) is 0 Å². The van der Waals surface area contributed by atoms with E-state index in [0.29, 0.717) is 0 Å². The van der Waals surface area contributed by atoms with Crippen molar-refractivity contribution < 1.29 is 0 Å². The Morgan fingerprint density at radius 3 is 1.47 bits per heavy atom. The van der Waals surface area contributed by atoms with Crippen molar-refractivity contribution in [3.8, 4) is 0 Å². The fourth-order valence-corrected chi connectivity index (χ4v) is 3.45. The molecular weight excluding hydrogens is 200 g/mol. The molecule has 2 bridgehead atoms. The molecule has 0 N–H and O–H groups in total. The summed E-state index contributed by atoms with van der Waals surface area (Å²) in [5.74, 6) is 0. The monoisotopic (exact) mass is 222 g/mol. The average molecular weight is 222 g/mol. The highest BCUT2D eigenvalue weighted by Crippen LogP contribution is 2.22. The Hall–Kier alpha value is -0.300. The summed E-state index contributed by atoms with van der Waals surface area (Å²) in [5, 5.41) is 0. The molecule has 1 aromatic rings. The van der Waals surface area contributed by atoms with Crippen molar-refractivity contribution in [3.05, 3.63) is 21.9 Å². The van der Waals surface area contributed by atoms with Crippen molar-refractivity contribution in [3.63, 3.8) is 0 Å². The molecule has 0 unspecified atom stereocenters. The molecule has 0 amide bonds. The highest BCUT2D eigenvalue weighted by atomic mass is 32.1. The molecule has 0 aliphatic carbocycles. The third-order valence-electron chi connectivity index (χ3n) is 3.31. The van der Waals surface area contributed by atoms with Crippen LogP contribution >= 0.6 is 11.3 Å². The fraction of sp³-hybridized carbons (Fsp3) is 0.714. The predicted molar refractivity (Wildman–Crippen MR) is 68.7 cm³/mol. The molecular formula is C14H22S. The highest BCUT2D eigenvalue weighted by molar-refractivity contribution is 7.11. The Morgan fingerprint density at radius 1 is 0.600 bits per heavy atom. The number of thiophene rings is 1. The molecule has 0 radical (unpaired) electrons. The molecule has 1 aliphatic rings. The van der Waals surface area contributed by atoms with Crippen LogP contribution in [0.4, 0.5) is 0 Å². The topological polar surface area (TPSA) is 0 Å². The molecule has 0 aromatic carbocycles. The molecule has 84 valence electrons. The van der Waals surface area contributed by atoms with Crippen LogP contribution in [0, 0.1) is 0 Å². The maximum atomic E-state index is 2.35. The SMILES string of the molecule is c1cc2sc1CCCCCCCCCC2. The summed E-state index contributed by atoms with van der Waals surface area (Å²) in [7, 11) is 0. The molecule has 2 heterocycles. The number of hydrogen-bond donors (Lipinski definition) is 0. The lowest BCUT2D eigenvalue weighted by Crippen LogP contribution is -1.84. The Kier molecular flexibility index (Phi) is 4.72. The molecule has 0 fully saturated rings. The van der Waals surface area contributed by atoms with Crippen molar-refractivity contribution in [2.24, 2.45) is 0 Å². The van der Waals surface area contributed by atoms with Gasteiger partial charge < -0.3 is 0 Å². The summed E-state index contributed by atoms with van der Waals surface area (Å²) in [6.45, 7) is 0. The third-order valence-corrected chi connectivity index (χ3v) is 4.52. The average Bonchev–Trinajstić information content (AvgIpc) is 2.69. The van der Waals surface area contributed by atoms with Gasteiger partial charge in [-0.25, -0.2) is 0 Å². The summed E-state index contributed by atoms with van der Waals surface area (Å²) >= 11 is 2.05. The summed E-state index contributed by atoms with van der Waals surface area (Å²) in [4.78, 5) is 3.23. The Balaban J connectivity index is 1.88. The zero-order chi connectivity index (χ0) is 10.3. The molecule has 0 spiro atoms. The first kappa shape index (κ1) is 11.2. The van der Waals surface area contributed by atoms with Gasteiger partial charge >= 0.3 is 0 Å². The maximum Gasteiger partial charge on any atom is 0.00481 e. The van der Waals surface area contributed by atoms with E-state index in [9.17, 15) is 0 Å². The lowest BCUT2D eigenvalue weighted by atomic mass is 10.1. The van der Waals surface area contributed by atoms with E-state index in [1.54, 1.807) is 9.75 Å². The quantitative estimate of drug-likeness (QED) is 0.581. The minimum absolute atomic E-state index is 1.32. The van der Waals surface area contributed by atoms with E-state index in [-0.39, 0.29) is 0 Å². The zero-order valence-corrected chi connectivity index (χ0v) is 10.5. The minimum atomic E-state index is 1.32. The van der Waals surface area contributed by atoms with E-state index in [2.05, 4.69) is 23.5 Å². The fourth-order valence-electron chi connectivity index (χ4n) is 2.35. The second-order valence-electron chi connectivity index (χ2n) is 4.70. The van der Waals surface area contributed by atoms with Gasteiger partial charge in [-0.05, 0) is 37.8 Å². The molecule has 1 heteroatoms. The van der Waals surface area contributed by atoms with E-state index in [1.807, 2.05) is 0 Å². The third kappa shape index (κ3) is 3.98. The van der Waals surface area contributed by atoms with Gasteiger partial charge in [0.15, 0.2) is 0 Å². The van der Waals surface area contributed by atoms with Gasteiger partial charge in [-0.2, -0.15) is 0 Å². The second kappa shape index (κ2) is 6.32. The Morgan fingerprint density at radius 2 is 1.00 bits per heavy atom. The van der Waals surface area contributed by atoms with Gasteiger partial charge in [-0.15, -0.1) is 11.3 Å². The number of aryl methyl sites for hydroxylation is 2. The van der Waals surface area contributed by atoms with Gasteiger partial charge in [0.05, 0.1) is 0 Å². The van der Waals surface area contributed by atoms with Gasteiger partial charge in [0, 0.05) is 9.75 Å². The maximum absolute atomic E-state index is 2.35.